The van der Waals surface area contributed by atoms with Crippen molar-refractivity contribution < 1.29 is 14.3 Å². The van der Waals surface area contributed by atoms with Crippen molar-refractivity contribution in [2.24, 2.45) is 0 Å². The van der Waals surface area contributed by atoms with Crippen LogP contribution in [0.25, 0.3) is 0 Å². The molecule has 1 saturated heterocycles. The molecule has 1 aliphatic heterocycles. The van der Waals surface area contributed by atoms with Gasteiger partial charge in [-0.1, -0.05) is 37.6 Å². The van der Waals surface area contributed by atoms with E-state index >= 15 is 0 Å². The first-order valence-electron chi connectivity index (χ1n) is 7.57. The van der Waals surface area contributed by atoms with Gasteiger partial charge in [-0.05, 0) is 18.9 Å². The standard InChI is InChI=1S/C17H24O3/c1-3-5-14-6-8-15(9-7-14)16(18)17(20-4-2)10-12-19-13-11-17/h6-9H,3-5,10-13H2,1-2H3. The van der Waals surface area contributed by atoms with Crippen LogP contribution in [0.5, 0.6) is 0 Å². The number of rotatable bonds is 6. The van der Waals surface area contributed by atoms with Crippen LogP contribution < -0.4 is 0 Å². The monoisotopic (exact) mass is 276 g/mol. The largest absolute Gasteiger partial charge is 0.381 e. The number of ether oxygens (including phenoxy) is 2. The topological polar surface area (TPSA) is 35.5 Å². The molecule has 1 aromatic rings. The summed E-state index contributed by atoms with van der Waals surface area (Å²) in [4.78, 5) is 12.8. The molecular formula is C17H24O3. The second-order valence-corrected chi connectivity index (χ2v) is 5.32. The minimum absolute atomic E-state index is 0.102. The van der Waals surface area contributed by atoms with Crippen LogP contribution in [0.4, 0.5) is 0 Å². The molecule has 3 nitrogen and oxygen atoms in total. The van der Waals surface area contributed by atoms with Crippen LogP contribution in [0.2, 0.25) is 0 Å². The van der Waals surface area contributed by atoms with Crippen molar-refractivity contribution >= 4 is 5.78 Å². The summed E-state index contributed by atoms with van der Waals surface area (Å²) in [6.07, 6.45) is 3.47. The van der Waals surface area contributed by atoms with Crippen molar-refractivity contribution in [1.29, 1.82) is 0 Å². The number of Topliss-reactive ketones (excluding diaryl/α,β-unsaturated/α-hetero) is 1. The minimum Gasteiger partial charge on any atom is -0.381 e. The molecule has 0 N–H and O–H groups in total. The summed E-state index contributed by atoms with van der Waals surface area (Å²) >= 11 is 0. The minimum atomic E-state index is -0.681. The van der Waals surface area contributed by atoms with E-state index in [0.29, 0.717) is 32.7 Å². The number of hydrogen-bond donors (Lipinski definition) is 0. The smallest absolute Gasteiger partial charge is 0.194 e. The molecule has 2 rings (SSSR count). The molecule has 3 heteroatoms. The van der Waals surface area contributed by atoms with E-state index in [4.69, 9.17) is 9.47 Å². The highest BCUT2D eigenvalue weighted by Crippen LogP contribution is 2.29. The van der Waals surface area contributed by atoms with E-state index in [0.717, 1.165) is 18.4 Å². The first-order valence-corrected chi connectivity index (χ1v) is 7.57. The Labute approximate surface area is 121 Å². The molecule has 0 amide bonds. The maximum atomic E-state index is 12.8. The Hall–Kier alpha value is -1.19. The van der Waals surface area contributed by atoms with E-state index in [1.807, 2.05) is 19.1 Å². The summed E-state index contributed by atoms with van der Waals surface area (Å²) in [6, 6.07) is 7.97. The number of benzene rings is 1. The Bertz CT molecular complexity index is 425. The van der Waals surface area contributed by atoms with Gasteiger partial charge in [0.2, 0.25) is 0 Å². The Morgan fingerprint density at radius 1 is 1.20 bits per heavy atom. The van der Waals surface area contributed by atoms with Gasteiger partial charge in [0, 0.05) is 38.2 Å². The fourth-order valence-electron chi connectivity index (χ4n) is 2.79. The normalized spacial score (nSPS) is 17.9. The number of carbonyl (C=O) groups is 1. The van der Waals surface area contributed by atoms with Crippen molar-refractivity contribution in [2.75, 3.05) is 19.8 Å². The molecule has 110 valence electrons. The van der Waals surface area contributed by atoms with Crippen LogP contribution in [0, 0.1) is 0 Å². The lowest BCUT2D eigenvalue weighted by Gasteiger charge is -2.35. The highest BCUT2D eigenvalue weighted by molar-refractivity contribution is 6.02. The Morgan fingerprint density at radius 2 is 1.85 bits per heavy atom. The third kappa shape index (κ3) is 3.28. The van der Waals surface area contributed by atoms with Gasteiger partial charge in [0.25, 0.3) is 0 Å². The van der Waals surface area contributed by atoms with Crippen molar-refractivity contribution in [1.82, 2.24) is 0 Å². The average Bonchev–Trinajstić information content (AvgIpc) is 2.49. The summed E-state index contributed by atoms with van der Waals surface area (Å²) < 4.78 is 11.2. The summed E-state index contributed by atoms with van der Waals surface area (Å²) in [5.41, 5.74) is 1.35. The second kappa shape index (κ2) is 7.00. The van der Waals surface area contributed by atoms with Crippen molar-refractivity contribution in [3.8, 4) is 0 Å². The lowest BCUT2D eigenvalue weighted by molar-refractivity contribution is -0.0822. The average molecular weight is 276 g/mol. The number of carbonyl (C=O) groups excluding carboxylic acids is 1. The highest BCUT2D eigenvalue weighted by Gasteiger charge is 2.41. The zero-order valence-corrected chi connectivity index (χ0v) is 12.5. The van der Waals surface area contributed by atoms with Crippen LogP contribution in [0.1, 0.15) is 49.0 Å². The zero-order valence-electron chi connectivity index (χ0n) is 12.5. The molecule has 0 unspecified atom stereocenters. The van der Waals surface area contributed by atoms with Gasteiger partial charge in [-0.2, -0.15) is 0 Å². The Balaban J connectivity index is 2.18. The number of ketones is 1. The van der Waals surface area contributed by atoms with E-state index in [9.17, 15) is 4.79 Å². The summed E-state index contributed by atoms with van der Waals surface area (Å²) in [5, 5.41) is 0. The summed E-state index contributed by atoms with van der Waals surface area (Å²) in [5.74, 6) is 0.102. The maximum absolute atomic E-state index is 12.8. The van der Waals surface area contributed by atoms with E-state index in [-0.39, 0.29) is 5.78 Å². The third-order valence-corrected chi connectivity index (χ3v) is 3.89. The van der Waals surface area contributed by atoms with Gasteiger partial charge in [-0.25, -0.2) is 0 Å². The molecule has 1 aliphatic rings. The van der Waals surface area contributed by atoms with Crippen LogP contribution in [0.15, 0.2) is 24.3 Å². The molecule has 0 radical (unpaired) electrons. The van der Waals surface area contributed by atoms with E-state index in [2.05, 4.69) is 19.1 Å². The number of aryl methyl sites for hydroxylation is 1. The first-order chi connectivity index (χ1) is 9.72. The highest BCUT2D eigenvalue weighted by atomic mass is 16.5. The van der Waals surface area contributed by atoms with Gasteiger partial charge in [0.05, 0.1) is 0 Å². The van der Waals surface area contributed by atoms with Gasteiger partial charge < -0.3 is 9.47 Å². The molecule has 1 aromatic carbocycles. The second-order valence-electron chi connectivity index (χ2n) is 5.32. The summed E-state index contributed by atoms with van der Waals surface area (Å²) in [7, 11) is 0. The molecule has 20 heavy (non-hydrogen) atoms. The van der Waals surface area contributed by atoms with Gasteiger partial charge in [-0.15, -0.1) is 0 Å². The maximum Gasteiger partial charge on any atom is 0.194 e. The van der Waals surface area contributed by atoms with Crippen molar-refractivity contribution in [2.45, 2.75) is 45.1 Å². The Kier molecular flexibility index (Phi) is 5.32. The fraction of sp³-hybridized carbons (Fsp3) is 0.588. The van der Waals surface area contributed by atoms with Crippen LogP contribution in [0.3, 0.4) is 0 Å². The van der Waals surface area contributed by atoms with Crippen LogP contribution in [-0.2, 0) is 15.9 Å². The zero-order chi connectivity index (χ0) is 14.4. The fourth-order valence-corrected chi connectivity index (χ4v) is 2.79. The van der Waals surface area contributed by atoms with Crippen LogP contribution in [-0.4, -0.2) is 31.2 Å². The van der Waals surface area contributed by atoms with Crippen LogP contribution >= 0.6 is 0 Å². The lowest BCUT2D eigenvalue weighted by atomic mass is 9.85. The predicted octanol–water partition coefficient (Wildman–Crippen LogP) is 3.41. The van der Waals surface area contributed by atoms with Gasteiger partial charge >= 0.3 is 0 Å². The molecule has 0 aromatic heterocycles. The predicted molar refractivity (Wildman–Crippen MR) is 79.2 cm³/mol. The molecule has 0 saturated carbocycles. The Morgan fingerprint density at radius 3 is 2.40 bits per heavy atom. The molecule has 0 bridgehead atoms. The molecule has 0 atom stereocenters. The molecule has 0 spiro atoms. The molecule has 1 fully saturated rings. The quantitative estimate of drug-likeness (QED) is 0.747. The lowest BCUT2D eigenvalue weighted by Crippen LogP contribution is -2.46. The van der Waals surface area contributed by atoms with Crippen molar-refractivity contribution in [3.05, 3.63) is 35.4 Å². The molecular weight excluding hydrogens is 252 g/mol. The van der Waals surface area contributed by atoms with Gasteiger partial charge in [-0.3, -0.25) is 4.79 Å². The molecule has 0 aliphatic carbocycles. The summed E-state index contributed by atoms with van der Waals surface area (Å²) in [6.45, 7) is 5.85. The third-order valence-electron chi connectivity index (χ3n) is 3.89. The number of hydrogen-bond acceptors (Lipinski definition) is 3. The van der Waals surface area contributed by atoms with Gasteiger partial charge in [0.1, 0.15) is 5.60 Å². The van der Waals surface area contributed by atoms with E-state index in [1.165, 1.54) is 5.56 Å². The van der Waals surface area contributed by atoms with E-state index in [1.54, 1.807) is 0 Å². The SMILES string of the molecule is CCCc1ccc(C(=O)C2(OCC)CCOCC2)cc1. The first kappa shape index (κ1) is 15.2. The van der Waals surface area contributed by atoms with E-state index < -0.39 is 5.60 Å². The molecule has 1 heterocycles. The van der Waals surface area contributed by atoms with Gasteiger partial charge in [0.15, 0.2) is 5.78 Å². The van der Waals surface area contributed by atoms with Crippen molar-refractivity contribution in [3.63, 3.8) is 0 Å².